The van der Waals surface area contributed by atoms with E-state index in [0.717, 1.165) is 22.4 Å². The molecule has 6 heteroatoms. The molecule has 0 saturated carbocycles. The van der Waals surface area contributed by atoms with Gasteiger partial charge in [-0.25, -0.2) is 4.79 Å². The summed E-state index contributed by atoms with van der Waals surface area (Å²) in [5.74, 6) is 0.885. The molecular formula is C25H20N2O4. The number of hydrogen-bond acceptors (Lipinski definition) is 6. The summed E-state index contributed by atoms with van der Waals surface area (Å²) in [6.07, 6.45) is 3.03. The second kappa shape index (κ2) is 10.0. The SMILES string of the molecule is O=C(/C=C/c1ccc(OCc2ccccc2)cc1)OCc1nnc(-c2ccccc2)o1. The number of esters is 1. The van der Waals surface area contributed by atoms with E-state index in [-0.39, 0.29) is 12.5 Å². The predicted octanol–water partition coefficient (Wildman–Crippen LogP) is 5.07. The van der Waals surface area contributed by atoms with Crippen LogP contribution in [0.5, 0.6) is 5.75 Å². The van der Waals surface area contributed by atoms with Crippen molar-refractivity contribution in [2.75, 3.05) is 0 Å². The quantitative estimate of drug-likeness (QED) is 0.297. The van der Waals surface area contributed by atoms with Gasteiger partial charge in [0.2, 0.25) is 5.89 Å². The molecule has 1 heterocycles. The number of hydrogen-bond donors (Lipinski definition) is 0. The first-order chi connectivity index (χ1) is 15.3. The molecule has 0 fully saturated rings. The number of aromatic nitrogens is 2. The maximum atomic E-state index is 12.0. The molecular weight excluding hydrogens is 392 g/mol. The minimum atomic E-state index is -0.496. The Labute approximate surface area is 179 Å². The van der Waals surface area contributed by atoms with E-state index in [9.17, 15) is 4.79 Å². The third kappa shape index (κ3) is 5.90. The summed E-state index contributed by atoms with van der Waals surface area (Å²) in [5.41, 5.74) is 2.77. The molecule has 0 radical (unpaired) electrons. The van der Waals surface area contributed by atoms with Gasteiger partial charge in [0.15, 0.2) is 6.61 Å². The van der Waals surface area contributed by atoms with Crippen molar-refractivity contribution in [3.8, 4) is 17.2 Å². The third-order valence-electron chi connectivity index (χ3n) is 4.37. The van der Waals surface area contributed by atoms with Gasteiger partial charge < -0.3 is 13.9 Å². The highest BCUT2D eigenvalue weighted by molar-refractivity contribution is 5.87. The molecule has 1 aromatic heterocycles. The Morgan fingerprint density at radius 1 is 0.839 bits per heavy atom. The molecule has 31 heavy (non-hydrogen) atoms. The topological polar surface area (TPSA) is 74.5 Å². The van der Waals surface area contributed by atoms with Crippen LogP contribution in [0.2, 0.25) is 0 Å². The predicted molar refractivity (Wildman–Crippen MR) is 116 cm³/mol. The van der Waals surface area contributed by atoms with E-state index >= 15 is 0 Å². The van der Waals surface area contributed by atoms with E-state index in [1.165, 1.54) is 6.08 Å². The van der Waals surface area contributed by atoms with Gasteiger partial charge in [0.05, 0.1) is 0 Å². The van der Waals surface area contributed by atoms with Crippen molar-refractivity contribution in [2.45, 2.75) is 13.2 Å². The van der Waals surface area contributed by atoms with Crippen LogP contribution >= 0.6 is 0 Å². The first-order valence-electron chi connectivity index (χ1n) is 9.76. The summed E-state index contributed by atoms with van der Waals surface area (Å²) in [5, 5.41) is 7.86. The van der Waals surface area contributed by atoms with E-state index in [1.54, 1.807) is 6.08 Å². The Morgan fingerprint density at radius 2 is 1.55 bits per heavy atom. The molecule has 4 aromatic rings. The number of rotatable bonds is 8. The van der Waals surface area contributed by atoms with Gasteiger partial charge in [-0.3, -0.25) is 0 Å². The van der Waals surface area contributed by atoms with Gasteiger partial charge in [-0.2, -0.15) is 0 Å². The van der Waals surface area contributed by atoms with Gasteiger partial charge in [-0.05, 0) is 41.5 Å². The fraction of sp³-hybridized carbons (Fsp3) is 0.0800. The Hall–Kier alpha value is -4.19. The molecule has 3 aromatic carbocycles. The maximum Gasteiger partial charge on any atom is 0.331 e. The highest BCUT2D eigenvalue weighted by Crippen LogP contribution is 2.18. The van der Waals surface area contributed by atoms with Crippen LogP contribution in [0.4, 0.5) is 0 Å². The van der Waals surface area contributed by atoms with E-state index in [0.29, 0.717) is 12.5 Å². The molecule has 154 valence electrons. The van der Waals surface area contributed by atoms with Gasteiger partial charge in [-0.15, -0.1) is 10.2 Å². The lowest BCUT2D eigenvalue weighted by Crippen LogP contribution is -2.00. The molecule has 0 saturated heterocycles. The zero-order valence-corrected chi connectivity index (χ0v) is 16.7. The summed E-state index contributed by atoms with van der Waals surface area (Å²) >= 11 is 0. The van der Waals surface area contributed by atoms with Crippen molar-refractivity contribution in [3.05, 3.63) is 108 Å². The second-order valence-electron chi connectivity index (χ2n) is 6.65. The van der Waals surface area contributed by atoms with Crippen LogP contribution in [0.3, 0.4) is 0 Å². The molecule has 0 unspecified atom stereocenters. The van der Waals surface area contributed by atoms with Crippen LogP contribution in [0.15, 0.2) is 95.4 Å². The van der Waals surface area contributed by atoms with Crippen LogP contribution < -0.4 is 4.74 Å². The molecule has 0 aliphatic rings. The fourth-order valence-electron chi connectivity index (χ4n) is 2.77. The van der Waals surface area contributed by atoms with Crippen molar-refractivity contribution in [3.63, 3.8) is 0 Å². The summed E-state index contributed by atoms with van der Waals surface area (Å²) in [6, 6.07) is 26.8. The van der Waals surface area contributed by atoms with E-state index in [1.807, 2.05) is 84.9 Å². The van der Waals surface area contributed by atoms with Gasteiger partial charge in [0.25, 0.3) is 5.89 Å². The molecule has 0 N–H and O–H groups in total. The van der Waals surface area contributed by atoms with Crippen molar-refractivity contribution >= 4 is 12.0 Å². The number of benzene rings is 3. The normalized spacial score (nSPS) is 10.8. The highest BCUT2D eigenvalue weighted by atomic mass is 16.5. The Bertz CT molecular complexity index is 1140. The van der Waals surface area contributed by atoms with Gasteiger partial charge in [-0.1, -0.05) is 60.7 Å². The number of carbonyl (C=O) groups is 1. The highest BCUT2D eigenvalue weighted by Gasteiger charge is 2.09. The fourth-order valence-corrected chi connectivity index (χ4v) is 2.77. The minimum Gasteiger partial charge on any atom is -0.489 e. The monoisotopic (exact) mass is 412 g/mol. The molecule has 6 nitrogen and oxygen atoms in total. The Morgan fingerprint density at radius 3 is 2.29 bits per heavy atom. The van der Waals surface area contributed by atoms with Crippen LogP contribution in [0.1, 0.15) is 17.0 Å². The van der Waals surface area contributed by atoms with Crippen molar-refractivity contribution < 1.29 is 18.7 Å². The van der Waals surface area contributed by atoms with Gasteiger partial charge in [0, 0.05) is 11.6 Å². The summed E-state index contributed by atoms with van der Waals surface area (Å²) in [7, 11) is 0. The van der Waals surface area contributed by atoms with Crippen LogP contribution in [-0.2, 0) is 22.7 Å². The van der Waals surface area contributed by atoms with Gasteiger partial charge in [0.1, 0.15) is 12.4 Å². The molecule has 0 spiro atoms. The first-order valence-corrected chi connectivity index (χ1v) is 9.76. The zero-order valence-electron chi connectivity index (χ0n) is 16.7. The average molecular weight is 412 g/mol. The molecule has 0 bridgehead atoms. The molecule has 0 aliphatic carbocycles. The summed E-state index contributed by atoms with van der Waals surface area (Å²) < 4.78 is 16.4. The van der Waals surface area contributed by atoms with Crippen LogP contribution in [-0.4, -0.2) is 16.2 Å². The lowest BCUT2D eigenvalue weighted by atomic mass is 10.2. The Balaban J connectivity index is 1.25. The lowest BCUT2D eigenvalue weighted by Gasteiger charge is -2.06. The Kier molecular flexibility index (Phi) is 6.50. The van der Waals surface area contributed by atoms with E-state index in [2.05, 4.69) is 10.2 Å². The largest absolute Gasteiger partial charge is 0.489 e. The standard InChI is InChI=1S/C25H20N2O4/c28-24(30-18-23-26-27-25(31-23)21-9-5-2-6-10-21)16-13-19-11-14-22(15-12-19)29-17-20-7-3-1-4-8-20/h1-16H,17-18H2/b16-13+. The number of nitrogens with zero attached hydrogens (tertiary/aromatic N) is 2. The summed E-state index contributed by atoms with van der Waals surface area (Å²) in [6.45, 7) is 0.416. The van der Waals surface area contributed by atoms with Crippen LogP contribution in [0.25, 0.3) is 17.5 Å². The van der Waals surface area contributed by atoms with E-state index < -0.39 is 5.97 Å². The van der Waals surface area contributed by atoms with E-state index in [4.69, 9.17) is 13.9 Å². The smallest absolute Gasteiger partial charge is 0.331 e. The van der Waals surface area contributed by atoms with Crippen LogP contribution in [0, 0.1) is 0 Å². The van der Waals surface area contributed by atoms with Gasteiger partial charge >= 0.3 is 5.97 Å². The first kappa shape index (κ1) is 20.1. The average Bonchev–Trinajstić information content (AvgIpc) is 3.31. The molecule has 4 rings (SSSR count). The summed E-state index contributed by atoms with van der Waals surface area (Å²) in [4.78, 5) is 12.0. The van der Waals surface area contributed by atoms with Crippen molar-refractivity contribution in [1.82, 2.24) is 10.2 Å². The maximum absolute atomic E-state index is 12.0. The zero-order chi connectivity index (χ0) is 21.3. The number of carbonyl (C=O) groups excluding carboxylic acids is 1. The van der Waals surface area contributed by atoms with Crippen molar-refractivity contribution in [1.29, 1.82) is 0 Å². The molecule has 0 aliphatic heterocycles. The lowest BCUT2D eigenvalue weighted by molar-refractivity contribution is -0.139. The third-order valence-corrected chi connectivity index (χ3v) is 4.37. The minimum absolute atomic E-state index is 0.0880. The second-order valence-corrected chi connectivity index (χ2v) is 6.65. The molecule has 0 atom stereocenters. The van der Waals surface area contributed by atoms with Crippen molar-refractivity contribution in [2.24, 2.45) is 0 Å². The molecule has 0 amide bonds. The number of ether oxygens (including phenoxy) is 2.